The lowest BCUT2D eigenvalue weighted by atomic mass is 10.2. The van der Waals surface area contributed by atoms with Crippen molar-refractivity contribution < 1.29 is 0 Å². The zero-order chi connectivity index (χ0) is 14.8. The Balaban J connectivity index is 1.89. The van der Waals surface area contributed by atoms with Gasteiger partial charge in [-0.1, -0.05) is 18.9 Å². The molecule has 0 radical (unpaired) electrons. The number of hydrogen-bond acceptors (Lipinski definition) is 4. The number of aryl methyl sites for hydroxylation is 1. The summed E-state index contributed by atoms with van der Waals surface area (Å²) < 4.78 is 1.64. The zero-order valence-electron chi connectivity index (χ0n) is 12.4. The second-order valence-electron chi connectivity index (χ2n) is 5.67. The number of nitrogens with zero attached hydrogens (tertiary/aromatic N) is 4. The van der Waals surface area contributed by atoms with Crippen molar-refractivity contribution in [3.05, 3.63) is 35.0 Å². The summed E-state index contributed by atoms with van der Waals surface area (Å²) in [6.07, 6.45) is 8.46. The van der Waals surface area contributed by atoms with E-state index in [0.29, 0.717) is 29.4 Å². The number of fused-ring (bicyclic) bond motifs is 1. The molecule has 0 aromatic carbocycles. The number of rotatable bonds is 5. The van der Waals surface area contributed by atoms with E-state index in [1.807, 2.05) is 6.08 Å². The third-order valence-electron chi connectivity index (χ3n) is 4.21. The summed E-state index contributed by atoms with van der Waals surface area (Å²) in [7, 11) is 1.80. The van der Waals surface area contributed by atoms with Crippen LogP contribution in [0.1, 0.15) is 31.5 Å². The fourth-order valence-electron chi connectivity index (χ4n) is 3.12. The molecule has 1 fully saturated rings. The van der Waals surface area contributed by atoms with Crippen molar-refractivity contribution in [2.45, 2.75) is 38.3 Å². The first-order chi connectivity index (χ1) is 10.2. The molecule has 1 N–H and O–H groups in total. The predicted molar refractivity (Wildman–Crippen MR) is 82.0 cm³/mol. The molecule has 2 aromatic heterocycles. The molecule has 0 unspecified atom stereocenters. The third kappa shape index (κ3) is 2.76. The summed E-state index contributed by atoms with van der Waals surface area (Å²) in [5.74, 6) is 0.699. The average molecular weight is 287 g/mol. The molecule has 2 heterocycles. The molecule has 0 atom stereocenters. The van der Waals surface area contributed by atoms with Gasteiger partial charge in [0.15, 0.2) is 5.65 Å². The number of aromatic nitrogens is 4. The van der Waals surface area contributed by atoms with Gasteiger partial charge in [-0.3, -0.25) is 14.4 Å². The second kappa shape index (κ2) is 5.81. The number of hydrogen-bond donors (Lipinski definition) is 1. The highest BCUT2D eigenvalue weighted by atomic mass is 16.1. The highest BCUT2D eigenvalue weighted by molar-refractivity contribution is 5.72. The Labute approximate surface area is 123 Å². The summed E-state index contributed by atoms with van der Waals surface area (Å²) >= 11 is 0. The van der Waals surface area contributed by atoms with Crippen LogP contribution in [0.15, 0.2) is 23.6 Å². The summed E-state index contributed by atoms with van der Waals surface area (Å²) in [6.45, 7) is 5.30. The van der Waals surface area contributed by atoms with Gasteiger partial charge in [-0.25, -0.2) is 4.98 Å². The zero-order valence-corrected chi connectivity index (χ0v) is 12.4. The van der Waals surface area contributed by atoms with Gasteiger partial charge in [0.05, 0.1) is 12.7 Å². The molecule has 6 nitrogen and oxygen atoms in total. The van der Waals surface area contributed by atoms with E-state index in [9.17, 15) is 4.79 Å². The Morgan fingerprint density at radius 1 is 1.52 bits per heavy atom. The first-order valence-electron chi connectivity index (χ1n) is 7.45. The van der Waals surface area contributed by atoms with Crippen molar-refractivity contribution in [2.75, 3.05) is 6.54 Å². The first-order valence-corrected chi connectivity index (χ1v) is 7.45. The minimum absolute atomic E-state index is 0.118. The van der Waals surface area contributed by atoms with Gasteiger partial charge in [-0.05, 0) is 12.8 Å². The Hall–Kier alpha value is -1.95. The van der Waals surface area contributed by atoms with Crippen LogP contribution in [0.2, 0.25) is 0 Å². The Bertz CT molecular complexity index is 696. The lowest BCUT2D eigenvalue weighted by Gasteiger charge is -2.26. The fraction of sp³-hybridized carbons (Fsp3) is 0.533. The number of nitrogens with one attached hydrogen (secondary N) is 1. The van der Waals surface area contributed by atoms with Crippen LogP contribution in [0.4, 0.5) is 0 Å². The molecule has 1 aliphatic carbocycles. The maximum atomic E-state index is 12.1. The average Bonchev–Trinajstić information content (AvgIpc) is 3.09. The Kier molecular flexibility index (Phi) is 3.88. The first kappa shape index (κ1) is 14.0. The summed E-state index contributed by atoms with van der Waals surface area (Å²) in [6, 6.07) is 0.565. The SMILES string of the molecule is C=CCN(Cc1nc2c(cnn2C)c(=O)[nH]1)C1CCCC1. The Morgan fingerprint density at radius 2 is 2.29 bits per heavy atom. The maximum Gasteiger partial charge on any atom is 0.262 e. The van der Waals surface area contributed by atoms with Gasteiger partial charge in [0, 0.05) is 19.6 Å². The van der Waals surface area contributed by atoms with E-state index < -0.39 is 0 Å². The molecule has 0 spiro atoms. The van der Waals surface area contributed by atoms with E-state index in [4.69, 9.17) is 0 Å². The van der Waals surface area contributed by atoms with Crippen LogP contribution in [0.3, 0.4) is 0 Å². The van der Waals surface area contributed by atoms with Crippen molar-refractivity contribution in [1.29, 1.82) is 0 Å². The molecule has 0 saturated heterocycles. The molecule has 0 amide bonds. The summed E-state index contributed by atoms with van der Waals surface area (Å²) in [5.41, 5.74) is 0.520. The molecule has 6 heteroatoms. The molecule has 21 heavy (non-hydrogen) atoms. The second-order valence-corrected chi connectivity index (χ2v) is 5.67. The lowest BCUT2D eigenvalue weighted by molar-refractivity contribution is 0.206. The highest BCUT2D eigenvalue weighted by Gasteiger charge is 2.22. The normalized spacial score (nSPS) is 16.1. The molecule has 3 rings (SSSR count). The van der Waals surface area contributed by atoms with Gasteiger partial charge < -0.3 is 4.98 Å². The van der Waals surface area contributed by atoms with E-state index in [1.165, 1.54) is 25.7 Å². The van der Waals surface area contributed by atoms with Gasteiger partial charge >= 0.3 is 0 Å². The van der Waals surface area contributed by atoms with Gasteiger partial charge in [0.1, 0.15) is 11.2 Å². The smallest absolute Gasteiger partial charge is 0.262 e. The van der Waals surface area contributed by atoms with Gasteiger partial charge in [0.2, 0.25) is 0 Å². The largest absolute Gasteiger partial charge is 0.309 e. The molecule has 2 aromatic rings. The Morgan fingerprint density at radius 3 is 3.00 bits per heavy atom. The van der Waals surface area contributed by atoms with Gasteiger partial charge in [-0.15, -0.1) is 6.58 Å². The van der Waals surface area contributed by atoms with Crippen molar-refractivity contribution in [1.82, 2.24) is 24.6 Å². The van der Waals surface area contributed by atoms with Crippen LogP contribution in [0.5, 0.6) is 0 Å². The van der Waals surface area contributed by atoms with Gasteiger partial charge in [0.25, 0.3) is 5.56 Å². The fourth-order valence-corrected chi connectivity index (χ4v) is 3.12. The predicted octanol–water partition coefficient (Wildman–Crippen LogP) is 1.59. The van der Waals surface area contributed by atoms with Crippen LogP contribution in [0, 0.1) is 0 Å². The highest BCUT2D eigenvalue weighted by Crippen LogP contribution is 2.24. The van der Waals surface area contributed by atoms with E-state index in [-0.39, 0.29) is 5.56 Å². The van der Waals surface area contributed by atoms with E-state index in [2.05, 4.69) is 26.5 Å². The molecular formula is C15H21N5O. The van der Waals surface area contributed by atoms with Crippen LogP contribution >= 0.6 is 0 Å². The topological polar surface area (TPSA) is 66.8 Å². The van der Waals surface area contributed by atoms with Crippen LogP contribution in [-0.4, -0.2) is 37.2 Å². The quantitative estimate of drug-likeness (QED) is 0.848. The van der Waals surface area contributed by atoms with E-state index >= 15 is 0 Å². The van der Waals surface area contributed by atoms with Crippen molar-refractivity contribution in [3.63, 3.8) is 0 Å². The molecule has 1 aliphatic rings. The maximum absolute atomic E-state index is 12.1. The molecule has 1 saturated carbocycles. The lowest BCUT2D eigenvalue weighted by Crippen LogP contribution is -2.34. The molecule has 0 bridgehead atoms. The number of H-pyrrole nitrogens is 1. The molecule has 112 valence electrons. The molecular weight excluding hydrogens is 266 g/mol. The van der Waals surface area contributed by atoms with E-state index in [0.717, 1.165) is 6.54 Å². The van der Waals surface area contributed by atoms with Crippen LogP contribution in [0.25, 0.3) is 11.0 Å². The van der Waals surface area contributed by atoms with Crippen LogP contribution in [-0.2, 0) is 13.6 Å². The van der Waals surface area contributed by atoms with Crippen molar-refractivity contribution in [2.24, 2.45) is 7.05 Å². The van der Waals surface area contributed by atoms with Crippen LogP contribution < -0.4 is 5.56 Å². The third-order valence-corrected chi connectivity index (χ3v) is 4.21. The summed E-state index contributed by atoms with van der Waals surface area (Å²) in [4.78, 5) is 21.9. The van der Waals surface area contributed by atoms with Crippen molar-refractivity contribution in [3.8, 4) is 0 Å². The monoisotopic (exact) mass is 287 g/mol. The minimum atomic E-state index is -0.118. The number of aromatic amines is 1. The van der Waals surface area contributed by atoms with Gasteiger partial charge in [-0.2, -0.15) is 5.10 Å². The van der Waals surface area contributed by atoms with E-state index in [1.54, 1.807) is 17.9 Å². The van der Waals surface area contributed by atoms with Crippen molar-refractivity contribution >= 4 is 11.0 Å². The minimum Gasteiger partial charge on any atom is -0.309 e. The molecule has 0 aliphatic heterocycles. The standard InChI is InChI=1S/C15H21N5O/c1-3-8-20(11-6-4-5-7-11)10-13-17-14-12(15(21)18-13)9-16-19(14)2/h3,9,11H,1,4-8,10H2,2H3,(H,17,18,21). The summed E-state index contributed by atoms with van der Waals surface area (Å²) in [5, 5.41) is 4.63.